The second-order valence-corrected chi connectivity index (χ2v) is 7.22. The van der Waals surface area contributed by atoms with E-state index in [-0.39, 0.29) is 41.7 Å². The van der Waals surface area contributed by atoms with E-state index in [1.54, 1.807) is 4.90 Å². The number of aromatic carboxylic acids is 1. The van der Waals surface area contributed by atoms with Crippen molar-refractivity contribution >= 4 is 22.6 Å². The normalized spacial score (nSPS) is 16.0. The number of rotatable bonds is 6. The molecule has 0 bridgehead atoms. The predicted molar refractivity (Wildman–Crippen MR) is 109 cm³/mol. The molecule has 8 nitrogen and oxygen atoms in total. The molecule has 4 rings (SSSR count). The molecule has 0 spiro atoms. The highest BCUT2D eigenvalue weighted by molar-refractivity contribution is 5.94. The summed E-state index contributed by atoms with van der Waals surface area (Å²) in [4.78, 5) is 36.1. The van der Waals surface area contributed by atoms with Crippen LogP contribution in [0.25, 0.3) is 16.6 Å². The van der Waals surface area contributed by atoms with Crippen molar-refractivity contribution in [3.05, 3.63) is 74.7 Å². The summed E-state index contributed by atoms with van der Waals surface area (Å²) in [6, 6.07) is 5.13. The van der Waals surface area contributed by atoms with Gasteiger partial charge in [0.25, 0.3) is 0 Å². The van der Waals surface area contributed by atoms with Gasteiger partial charge in [0, 0.05) is 25.4 Å². The molecule has 1 fully saturated rings. The van der Waals surface area contributed by atoms with Gasteiger partial charge in [-0.25, -0.2) is 18.0 Å². The summed E-state index contributed by atoms with van der Waals surface area (Å²) in [6.07, 6.45) is 0.973. The minimum Gasteiger partial charge on any atom is -0.477 e. The van der Waals surface area contributed by atoms with Crippen LogP contribution in [0.4, 0.5) is 18.9 Å². The molecule has 1 atom stereocenters. The topological polar surface area (TPSA) is 101 Å². The third-order valence-corrected chi connectivity index (χ3v) is 5.33. The Morgan fingerprint density at radius 3 is 2.62 bits per heavy atom. The highest BCUT2D eigenvalue weighted by Gasteiger charge is 2.28. The number of benzene rings is 2. The minimum atomic E-state index is -1.57. The Balaban J connectivity index is 1.92. The Morgan fingerprint density at radius 2 is 1.94 bits per heavy atom. The second kappa shape index (κ2) is 8.42. The number of nitroso groups, excluding NO2 is 1. The fourth-order valence-electron chi connectivity index (χ4n) is 3.85. The smallest absolute Gasteiger partial charge is 0.341 e. The van der Waals surface area contributed by atoms with Crippen molar-refractivity contribution in [3.63, 3.8) is 0 Å². The zero-order valence-electron chi connectivity index (χ0n) is 16.4. The number of halogens is 3. The van der Waals surface area contributed by atoms with Crippen LogP contribution in [0.15, 0.2) is 46.5 Å². The van der Waals surface area contributed by atoms with Gasteiger partial charge in [-0.05, 0) is 35.9 Å². The molecule has 1 saturated heterocycles. The fourth-order valence-corrected chi connectivity index (χ4v) is 3.85. The molecule has 0 amide bonds. The molecule has 1 N–H and O–H groups in total. The lowest BCUT2D eigenvalue weighted by molar-refractivity contribution is 0.0694. The Labute approximate surface area is 178 Å². The first kappa shape index (κ1) is 21.5. The number of fused-ring (bicyclic) bond motifs is 1. The first-order valence-electron chi connectivity index (χ1n) is 9.54. The summed E-state index contributed by atoms with van der Waals surface area (Å²) in [5.74, 6) is -4.38. The van der Waals surface area contributed by atoms with Gasteiger partial charge in [0.2, 0.25) is 5.43 Å². The van der Waals surface area contributed by atoms with Crippen LogP contribution in [-0.4, -0.2) is 41.6 Å². The maximum Gasteiger partial charge on any atom is 0.341 e. The number of carboxylic acid groups (broad SMARTS) is 1. The number of nitrogens with zero attached hydrogens (tertiary/aromatic N) is 3. The van der Waals surface area contributed by atoms with Gasteiger partial charge in [-0.1, -0.05) is 0 Å². The first-order valence-corrected chi connectivity index (χ1v) is 9.54. The van der Waals surface area contributed by atoms with Crippen LogP contribution in [0.5, 0.6) is 0 Å². The summed E-state index contributed by atoms with van der Waals surface area (Å²) in [7, 11) is 0. The highest BCUT2D eigenvalue weighted by Crippen LogP contribution is 2.31. The molecule has 1 unspecified atom stereocenters. The number of hydrogen-bond donors (Lipinski definition) is 1. The first-order chi connectivity index (χ1) is 15.3. The van der Waals surface area contributed by atoms with E-state index >= 15 is 4.39 Å². The van der Waals surface area contributed by atoms with Gasteiger partial charge in [0.05, 0.1) is 28.4 Å². The van der Waals surface area contributed by atoms with Crippen molar-refractivity contribution in [1.82, 2.24) is 4.57 Å². The van der Waals surface area contributed by atoms with Crippen LogP contribution in [0.1, 0.15) is 16.8 Å². The molecule has 3 aromatic rings. The van der Waals surface area contributed by atoms with E-state index in [1.165, 1.54) is 12.1 Å². The van der Waals surface area contributed by atoms with Gasteiger partial charge in [-0.15, -0.1) is 4.91 Å². The van der Waals surface area contributed by atoms with Crippen LogP contribution >= 0.6 is 0 Å². The number of ether oxygens (including phenoxy) is 1. The zero-order valence-corrected chi connectivity index (χ0v) is 16.4. The molecule has 11 heteroatoms. The van der Waals surface area contributed by atoms with Crippen molar-refractivity contribution in [3.8, 4) is 5.69 Å². The fraction of sp³-hybridized carbons (Fsp3) is 0.238. The average Bonchev–Trinajstić information content (AvgIpc) is 3.22. The molecule has 1 aliphatic heterocycles. The van der Waals surface area contributed by atoms with E-state index in [9.17, 15) is 28.4 Å². The molecule has 1 aliphatic rings. The van der Waals surface area contributed by atoms with Crippen LogP contribution in [0.2, 0.25) is 0 Å². The summed E-state index contributed by atoms with van der Waals surface area (Å²) >= 11 is 0. The number of anilines is 1. The summed E-state index contributed by atoms with van der Waals surface area (Å²) < 4.78 is 49.8. The van der Waals surface area contributed by atoms with Crippen molar-refractivity contribution < 1.29 is 27.8 Å². The lowest BCUT2D eigenvalue weighted by atomic mass is 10.1. The van der Waals surface area contributed by atoms with E-state index < -0.39 is 34.4 Å². The quantitative estimate of drug-likeness (QED) is 0.581. The Hall–Kier alpha value is -3.73. The maximum absolute atomic E-state index is 15.7. The Kier molecular flexibility index (Phi) is 5.66. The predicted octanol–water partition coefficient (Wildman–Crippen LogP) is 3.43. The SMILES string of the molecule is O=NCOC1CCN(c2ccc3c(=O)c(C(=O)O)cn(-c4ccc(F)cc4F)c3c2F)C1. The van der Waals surface area contributed by atoms with Crippen LogP contribution in [-0.2, 0) is 4.74 Å². The Bertz CT molecular complexity index is 1290. The molecule has 2 aromatic carbocycles. The van der Waals surface area contributed by atoms with Crippen LogP contribution in [0.3, 0.4) is 0 Å². The number of carboxylic acids is 1. The third kappa shape index (κ3) is 3.71. The number of aromatic nitrogens is 1. The van der Waals surface area contributed by atoms with Gasteiger partial charge in [-0.2, -0.15) is 0 Å². The molecule has 0 radical (unpaired) electrons. The molecule has 1 aromatic heterocycles. The lowest BCUT2D eigenvalue weighted by Crippen LogP contribution is -2.25. The average molecular weight is 447 g/mol. The van der Waals surface area contributed by atoms with Gasteiger partial charge in [0.1, 0.15) is 17.2 Å². The summed E-state index contributed by atoms with van der Waals surface area (Å²) in [5.41, 5.74) is -2.21. The van der Waals surface area contributed by atoms with Crippen molar-refractivity contribution in [2.75, 3.05) is 24.7 Å². The third-order valence-electron chi connectivity index (χ3n) is 5.33. The van der Waals surface area contributed by atoms with E-state index in [1.807, 2.05) is 0 Å². The summed E-state index contributed by atoms with van der Waals surface area (Å²) in [6.45, 7) is 0.300. The molecule has 2 heterocycles. The summed E-state index contributed by atoms with van der Waals surface area (Å²) in [5, 5.41) is 11.8. The Morgan fingerprint density at radius 1 is 1.19 bits per heavy atom. The molecule has 166 valence electrons. The molecular formula is C21H16F3N3O5. The molecule has 0 saturated carbocycles. The highest BCUT2D eigenvalue weighted by atomic mass is 19.1. The second-order valence-electron chi connectivity index (χ2n) is 7.22. The van der Waals surface area contributed by atoms with E-state index in [4.69, 9.17) is 4.74 Å². The van der Waals surface area contributed by atoms with Crippen molar-refractivity contribution in [1.29, 1.82) is 0 Å². The number of carbonyl (C=O) groups is 1. The van der Waals surface area contributed by atoms with Gasteiger partial charge < -0.3 is 19.3 Å². The molecule has 0 aliphatic carbocycles. The van der Waals surface area contributed by atoms with Crippen LogP contribution < -0.4 is 10.3 Å². The van der Waals surface area contributed by atoms with Gasteiger partial charge in [0.15, 0.2) is 12.5 Å². The number of hydrogen-bond acceptors (Lipinski definition) is 6. The monoisotopic (exact) mass is 447 g/mol. The number of pyridine rings is 1. The lowest BCUT2D eigenvalue weighted by Gasteiger charge is -2.22. The van der Waals surface area contributed by atoms with Gasteiger partial charge in [-0.3, -0.25) is 4.79 Å². The maximum atomic E-state index is 15.7. The zero-order chi connectivity index (χ0) is 23.0. The largest absolute Gasteiger partial charge is 0.477 e. The van der Waals surface area contributed by atoms with E-state index in [2.05, 4.69) is 5.18 Å². The molecular weight excluding hydrogens is 431 g/mol. The van der Waals surface area contributed by atoms with E-state index in [0.29, 0.717) is 19.0 Å². The standard InChI is InChI=1S/C21H16F3N3O5/c22-11-1-3-16(15(23)7-11)27-9-14(21(29)30)20(28)13-2-4-17(18(24)19(13)27)26-6-5-12(8-26)32-10-25-31/h1-4,7,9,12H,5-6,8,10H2,(H,29,30). The van der Waals surface area contributed by atoms with Crippen LogP contribution in [0, 0.1) is 22.4 Å². The molecule has 32 heavy (non-hydrogen) atoms. The van der Waals surface area contributed by atoms with Crippen molar-refractivity contribution in [2.24, 2.45) is 5.18 Å². The van der Waals surface area contributed by atoms with Crippen molar-refractivity contribution in [2.45, 2.75) is 12.5 Å². The van der Waals surface area contributed by atoms with E-state index in [0.717, 1.165) is 22.9 Å². The van der Waals surface area contributed by atoms with Gasteiger partial charge >= 0.3 is 5.97 Å². The minimum absolute atomic E-state index is 0.0846.